The van der Waals surface area contributed by atoms with E-state index in [-0.39, 0.29) is 0 Å². The normalized spacial score (nSPS) is 10.6. The molecule has 0 atom stereocenters. The van der Waals surface area contributed by atoms with Gasteiger partial charge in [-0.25, -0.2) is 4.98 Å². The highest BCUT2D eigenvalue weighted by Crippen LogP contribution is 2.05. The highest BCUT2D eigenvalue weighted by atomic mass is 35.5. The topological polar surface area (TPSA) is 50.7 Å². The van der Waals surface area contributed by atoms with Crippen molar-refractivity contribution < 1.29 is 0 Å². The average molecular weight is 255 g/mol. The number of nitrogens with zero attached hydrogens (tertiary/aromatic N) is 3. The first-order chi connectivity index (χ1) is 7.84. The van der Waals surface area contributed by atoms with Crippen LogP contribution in [0.3, 0.4) is 0 Å². The molecule has 16 heavy (non-hydrogen) atoms. The van der Waals surface area contributed by atoms with E-state index in [1.165, 1.54) is 17.1 Å². The molecule has 0 unspecified atom stereocenters. The van der Waals surface area contributed by atoms with Crippen molar-refractivity contribution in [3.63, 3.8) is 0 Å². The Bertz CT molecular complexity index is 415. The van der Waals surface area contributed by atoms with E-state index in [0.29, 0.717) is 5.15 Å². The van der Waals surface area contributed by atoms with E-state index in [1.807, 2.05) is 11.4 Å². The Morgan fingerprint density at radius 3 is 3.00 bits per heavy atom. The van der Waals surface area contributed by atoms with E-state index in [4.69, 9.17) is 11.6 Å². The van der Waals surface area contributed by atoms with Gasteiger partial charge in [0, 0.05) is 18.1 Å². The quantitative estimate of drug-likeness (QED) is 0.654. The van der Waals surface area contributed by atoms with Crippen molar-refractivity contribution in [1.82, 2.24) is 19.9 Å². The van der Waals surface area contributed by atoms with E-state index in [1.54, 1.807) is 12.3 Å². The molecule has 0 bridgehead atoms. The van der Waals surface area contributed by atoms with Gasteiger partial charge in [-0.1, -0.05) is 22.2 Å². The summed E-state index contributed by atoms with van der Waals surface area (Å²) in [6, 6.07) is 3.79. The molecule has 2 aromatic rings. The summed E-state index contributed by atoms with van der Waals surface area (Å²) in [4.78, 5) is 4.02. The van der Waals surface area contributed by atoms with Crippen LogP contribution in [-0.4, -0.2) is 21.1 Å². The molecule has 0 saturated heterocycles. The molecular formula is C10H11ClN4S. The minimum atomic E-state index is 0.533. The molecule has 0 spiro atoms. The molecule has 0 amide bonds. The second-order valence-corrected chi connectivity index (χ2v) is 4.31. The number of pyridine rings is 1. The van der Waals surface area contributed by atoms with Gasteiger partial charge in [0.25, 0.3) is 0 Å². The van der Waals surface area contributed by atoms with Crippen LogP contribution in [0.4, 0.5) is 0 Å². The van der Waals surface area contributed by atoms with Crippen LogP contribution in [0.15, 0.2) is 23.7 Å². The fourth-order valence-corrected chi connectivity index (χ4v) is 1.83. The van der Waals surface area contributed by atoms with Crippen LogP contribution in [0.25, 0.3) is 0 Å². The monoisotopic (exact) mass is 254 g/mol. The first-order valence-electron chi connectivity index (χ1n) is 4.91. The zero-order chi connectivity index (χ0) is 11.2. The van der Waals surface area contributed by atoms with Crippen molar-refractivity contribution in [3.05, 3.63) is 40.1 Å². The highest BCUT2D eigenvalue weighted by molar-refractivity contribution is 7.03. The highest BCUT2D eigenvalue weighted by Gasteiger charge is 1.97. The molecule has 4 nitrogen and oxygen atoms in total. The van der Waals surface area contributed by atoms with Crippen molar-refractivity contribution in [3.8, 4) is 0 Å². The number of aromatic nitrogens is 3. The standard InChI is InChI=1S/C10H11ClN4S/c11-10-2-1-8(5-13-10)3-4-12-6-9-7-16-15-14-9/h1-2,5,7,12H,3-4,6H2. The van der Waals surface area contributed by atoms with Crippen LogP contribution < -0.4 is 5.32 Å². The summed E-state index contributed by atoms with van der Waals surface area (Å²) in [5.74, 6) is 0. The van der Waals surface area contributed by atoms with Gasteiger partial charge in [0.1, 0.15) is 5.15 Å². The Morgan fingerprint density at radius 1 is 1.38 bits per heavy atom. The molecule has 84 valence electrons. The maximum atomic E-state index is 5.70. The lowest BCUT2D eigenvalue weighted by atomic mass is 10.2. The first-order valence-corrected chi connectivity index (χ1v) is 6.13. The third-order valence-corrected chi connectivity index (χ3v) is 2.87. The summed E-state index contributed by atoms with van der Waals surface area (Å²) in [7, 11) is 0. The van der Waals surface area contributed by atoms with Gasteiger partial charge in [0.15, 0.2) is 0 Å². The van der Waals surface area contributed by atoms with Gasteiger partial charge in [0.05, 0.1) is 5.69 Å². The van der Waals surface area contributed by atoms with Crippen LogP contribution in [0.5, 0.6) is 0 Å². The zero-order valence-electron chi connectivity index (χ0n) is 8.56. The van der Waals surface area contributed by atoms with Crippen molar-refractivity contribution >= 4 is 23.1 Å². The molecular weight excluding hydrogens is 244 g/mol. The number of hydrogen-bond donors (Lipinski definition) is 1. The van der Waals surface area contributed by atoms with E-state index in [0.717, 1.165) is 25.2 Å². The molecule has 2 aromatic heterocycles. The predicted molar refractivity (Wildman–Crippen MR) is 64.6 cm³/mol. The van der Waals surface area contributed by atoms with E-state index >= 15 is 0 Å². The Kier molecular flexibility index (Phi) is 4.21. The van der Waals surface area contributed by atoms with Crippen molar-refractivity contribution in [2.24, 2.45) is 0 Å². The SMILES string of the molecule is Clc1ccc(CCNCc2csnn2)cn1. The molecule has 0 aliphatic heterocycles. The summed E-state index contributed by atoms with van der Waals surface area (Å²) in [5, 5.41) is 9.72. The zero-order valence-corrected chi connectivity index (χ0v) is 10.1. The average Bonchev–Trinajstić information content (AvgIpc) is 2.80. The van der Waals surface area contributed by atoms with Gasteiger partial charge in [-0.05, 0) is 36.1 Å². The smallest absolute Gasteiger partial charge is 0.129 e. The summed E-state index contributed by atoms with van der Waals surface area (Å²) < 4.78 is 3.80. The maximum Gasteiger partial charge on any atom is 0.129 e. The Hall–Kier alpha value is -1.04. The molecule has 6 heteroatoms. The summed E-state index contributed by atoms with van der Waals surface area (Å²) in [6.07, 6.45) is 2.73. The summed E-state index contributed by atoms with van der Waals surface area (Å²) in [5.41, 5.74) is 2.16. The second kappa shape index (κ2) is 5.89. The molecule has 2 heterocycles. The maximum absolute atomic E-state index is 5.70. The molecule has 0 saturated carbocycles. The second-order valence-electron chi connectivity index (χ2n) is 3.31. The van der Waals surface area contributed by atoms with Gasteiger partial charge in [0.2, 0.25) is 0 Å². The van der Waals surface area contributed by atoms with Crippen LogP contribution >= 0.6 is 23.1 Å². The van der Waals surface area contributed by atoms with Crippen LogP contribution in [0.1, 0.15) is 11.3 Å². The number of halogens is 1. The molecule has 1 N–H and O–H groups in total. The van der Waals surface area contributed by atoms with E-state index in [9.17, 15) is 0 Å². The van der Waals surface area contributed by atoms with Gasteiger partial charge in [-0.15, -0.1) is 5.10 Å². The molecule has 0 aliphatic rings. The fraction of sp³-hybridized carbons (Fsp3) is 0.300. The molecule has 0 aliphatic carbocycles. The van der Waals surface area contributed by atoms with Gasteiger partial charge in [-0.2, -0.15) is 0 Å². The van der Waals surface area contributed by atoms with Gasteiger partial charge in [-0.3, -0.25) is 0 Å². The third kappa shape index (κ3) is 3.52. The molecule has 2 rings (SSSR count). The summed E-state index contributed by atoms with van der Waals surface area (Å²) in [6.45, 7) is 1.65. The third-order valence-electron chi connectivity index (χ3n) is 2.09. The van der Waals surface area contributed by atoms with Crippen LogP contribution in [-0.2, 0) is 13.0 Å². The van der Waals surface area contributed by atoms with Gasteiger partial charge < -0.3 is 5.32 Å². The fourth-order valence-electron chi connectivity index (χ4n) is 1.26. The van der Waals surface area contributed by atoms with Crippen molar-refractivity contribution in [2.75, 3.05) is 6.54 Å². The Morgan fingerprint density at radius 2 is 2.31 bits per heavy atom. The molecule has 0 aromatic carbocycles. The lowest BCUT2D eigenvalue weighted by molar-refractivity contribution is 0.672. The first kappa shape index (κ1) is 11.4. The Balaban J connectivity index is 1.70. The predicted octanol–water partition coefficient (Wildman–Crippen LogP) is 1.92. The van der Waals surface area contributed by atoms with E-state index < -0.39 is 0 Å². The minimum absolute atomic E-state index is 0.533. The molecule has 0 fully saturated rings. The number of hydrogen-bond acceptors (Lipinski definition) is 5. The lowest BCUT2D eigenvalue weighted by Gasteiger charge is -2.02. The Labute approximate surface area is 103 Å². The van der Waals surface area contributed by atoms with Crippen LogP contribution in [0, 0.1) is 0 Å². The minimum Gasteiger partial charge on any atom is -0.311 e. The van der Waals surface area contributed by atoms with Gasteiger partial charge >= 0.3 is 0 Å². The largest absolute Gasteiger partial charge is 0.311 e. The van der Waals surface area contributed by atoms with Crippen molar-refractivity contribution in [1.29, 1.82) is 0 Å². The molecule has 0 radical (unpaired) electrons. The van der Waals surface area contributed by atoms with Crippen LogP contribution in [0.2, 0.25) is 5.15 Å². The van der Waals surface area contributed by atoms with Crippen molar-refractivity contribution in [2.45, 2.75) is 13.0 Å². The summed E-state index contributed by atoms with van der Waals surface area (Å²) >= 11 is 7.07. The van der Waals surface area contributed by atoms with E-state index in [2.05, 4.69) is 19.9 Å². The number of rotatable bonds is 5. The number of nitrogens with one attached hydrogen (secondary N) is 1. The lowest BCUT2D eigenvalue weighted by Crippen LogP contribution is -2.16.